The molecule has 1 aromatic carbocycles. The lowest BCUT2D eigenvalue weighted by Gasteiger charge is -2.13. The molecule has 0 saturated carbocycles. The minimum atomic E-state index is -0.308. The van der Waals surface area contributed by atoms with Crippen molar-refractivity contribution in [1.29, 1.82) is 0 Å². The van der Waals surface area contributed by atoms with Gasteiger partial charge in [-0.2, -0.15) is 0 Å². The number of rotatable bonds is 7. The molecule has 0 saturated heterocycles. The summed E-state index contributed by atoms with van der Waals surface area (Å²) in [5.74, 6) is 1.15. The molecular formula is C20H19ClN4O3. The summed E-state index contributed by atoms with van der Waals surface area (Å²) in [6.45, 7) is 0.572. The van der Waals surface area contributed by atoms with Gasteiger partial charge >= 0.3 is 0 Å². The van der Waals surface area contributed by atoms with Crippen LogP contribution in [0.4, 0.5) is 11.5 Å². The molecule has 0 radical (unpaired) electrons. The van der Waals surface area contributed by atoms with E-state index in [4.69, 9.17) is 21.1 Å². The molecule has 0 unspecified atom stereocenters. The fourth-order valence-corrected chi connectivity index (χ4v) is 2.75. The maximum Gasteiger partial charge on any atom is 0.255 e. The number of hydrogen-bond donors (Lipinski definition) is 2. The van der Waals surface area contributed by atoms with Gasteiger partial charge in [-0.3, -0.25) is 9.78 Å². The van der Waals surface area contributed by atoms with E-state index < -0.39 is 0 Å². The zero-order chi connectivity index (χ0) is 19.9. The van der Waals surface area contributed by atoms with Gasteiger partial charge < -0.3 is 20.1 Å². The van der Waals surface area contributed by atoms with Crippen LogP contribution in [0.15, 0.2) is 55.0 Å². The van der Waals surface area contributed by atoms with E-state index in [1.807, 2.05) is 12.1 Å². The van der Waals surface area contributed by atoms with Crippen molar-refractivity contribution in [1.82, 2.24) is 9.97 Å². The second-order valence-electron chi connectivity index (χ2n) is 5.78. The van der Waals surface area contributed by atoms with E-state index in [-0.39, 0.29) is 5.91 Å². The zero-order valence-electron chi connectivity index (χ0n) is 15.4. The van der Waals surface area contributed by atoms with Gasteiger partial charge in [0.1, 0.15) is 17.3 Å². The Morgan fingerprint density at radius 3 is 2.50 bits per heavy atom. The van der Waals surface area contributed by atoms with E-state index in [2.05, 4.69) is 20.6 Å². The lowest BCUT2D eigenvalue weighted by atomic mass is 10.2. The second-order valence-corrected chi connectivity index (χ2v) is 6.19. The number of amides is 1. The number of nitrogens with zero attached hydrogens (tertiary/aromatic N) is 2. The standard InChI is InChI=1S/C20H19ClN4O3/c1-27-17-11-16(18(28-2)10-15(17)21)25-20(26)14-5-8-23-19(9-14)24-12-13-3-6-22-7-4-13/h3-11H,12H2,1-2H3,(H,23,24)(H,25,26). The SMILES string of the molecule is COc1cc(NC(=O)c2ccnc(NCc3ccncc3)c2)c(OC)cc1Cl. The van der Waals surface area contributed by atoms with Gasteiger partial charge in [0.05, 0.1) is 24.9 Å². The number of halogens is 1. The molecule has 28 heavy (non-hydrogen) atoms. The van der Waals surface area contributed by atoms with E-state index in [0.29, 0.717) is 40.1 Å². The van der Waals surface area contributed by atoms with Crippen LogP contribution in [0.2, 0.25) is 5.02 Å². The smallest absolute Gasteiger partial charge is 0.255 e. The van der Waals surface area contributed by atoms with Gasteiger partial charge in [-0.05, 0) is 29.8 Å². The van der Waals surface area contributed by atoms with Crippen molar-refractivity contribution in [3.05, 3.63) is 71.1 Å². The Bertz CT molecular complexity index is 967. The van der Waals surface area contributed by atoms with Gasteiger partial charge in [-0.1, -0.05) is 11.6 Å². The van der Waals surface area contributed by atoms with Crippen LogP contribution in [0.3, 0.4) is 0 Å². The van der Waals surface area contributed by atoms with Crippen LogP contribution in [0.5, 0.6) is 11.5 Å². The van der Waals surface area contributed by atoms with Gasteiger partial charge in [0.25, 0.3) is 5.91 Å². The molecule has 2 heterocycles. The molecular weight excluding hydrogens is 380 g/mol. The first-order valence-corrected chi connectivity index (χ1v) is 8.80. The van der Waals surface area contributed by atoms with Crippen LogP contribution in [0.25, 0.3) is 0 Å². The average Bonchev–Trinajstić information content (AvgIpc) is 2.74. The average molecular weight is 399 g/mol. The van der Waals surface area contributed by atoms with Crippen LogP contribution in [-0.2, 0) is 6.54 Å². The Kier molecular flexibility index (Phi) is 6.29. The Morgan fingerprint density at radius 1 is 1.04 bits per heavy atom. The summed E-state index contributed by atoms with van der Waals surface area (Å²) in [5, 5.41) is 6.39. The summed E-state index contributed by atoms with van der Waals surface area (Å²) in [5.41, 5.74) is 1.96. The van der Waals surface area contributed by atoms with Gasteiger partial charge in [-0.15, -0.1) is 0 Å². The van der Waals surface area contributed by atoms with Crippen LogP contribution < -0.4 is 20.1 Å². The van der Waals surface area contributed by atoms with E-state index in [1.165, 1.54) is 14.2 Å². The van der Waals surface area contributed by atoms with Crippen molar-refractivity contribution in [2.75, 3.05) is 24.9 Å². The highest BCUT2D eigenvalue weighted by molar-refractivity contribution is 6.32. The normalized spacial score (nSPS) is 10.2. The zero-order valence-corrected chi connectivity index (χ0v) is 16.2. The number of carbonyl (C=O) groups is 1. The predicted molar refractivity (Wildman–Crippen MR) is 108 cm³/mol. The number of carbonyl (C=O) groups excluding carboxylic acids is 1. The molecule has 0 aliphatic rings. The first-order valence-electron chi connectivity index (χ1n) is 8.42. The monoisotopic (exact) mass is 398 g/mol. The summed E-state index contributed by atoms with van der Waals surface area (Å²) >= 11 is 6.10. The molecule has 0 fully saturated rings. The van der Waals surface area contributed by atoms with Crippen molar-refractivity contribution >= 4 is 29.0 Å². The van der Waals surface area contributed by atoms with Gasteiger partial charge in [0.15, 0.2) is 0 Å². The Balaban J connectivity index is 1.74. The Hall–Kier alpha value is -3.32. The molecule has 0 bridgehead atoms. The van der Waals surface area contributed by atoms with Crippen molar-refractivity contribution in [3.8, 4) is 11.5 Å². The topological polar surface area (TPSA) is 85.4 Å². The lowest BCUT2D eigenvalue weighted by Crippen LogP contribution is -2.13. The van der Waals surface area contributed by atoms with Gasteiger partial charge in [0, 0.05) is 42.8 Å². The van der Waals surface area contributed by atoms with Crippen molar-refractivity contribution < 1.29 is 14.3 Å². The number of methoxy groups -OCH3 is 2. The van der Waals surface area contributed by atoms with Crippen LogP contribution in [0.1, 0.15) is 15.9 Å². The van der Waals surface area contributed by atoms with Gasteiger partial charge in [0.2, 0.25) is 0 Å². The highest BCUT2D eigenvalue weighted by Crippen LogP contribution is 2.36. The minimum Gasteiger partial charge on any atom is -0.495 e. The maximum atomic E-state index is 12.7. The number of benzene rings is 1. The molecule has 2 N–H and O–H groups in total. The molecule has 144 valence electrons. The number of anilines is 2. The number of pyridine rings is 2. The lowest BCUT2D eigenvalue weighted by molar-refractivity contribution is 0.102. The third-order valence-corrected chi connectivity index (χ3v) is 4.26. The third kappa shape index (κ3) is 4.69. The van der Waals surface area contributed by atoms with Crippen LogP contribution in [0, 0.1) is 0 Å². The predicted octanol–water partition coefficient (Wildman–Crippen LogP) is 4.01. The first-order chi connectivity index (χ1) is 13.6. The molecule has 3 rings (SSSR count). The minimum absolute atomic E-state index is 0.308. The third-order valence-electron chi connectivity index (χ3n) is 3.97. The summed E-state index contributed by atoms with van der Waals surface area (Å²) in [7, 11) is 3.00. The number of ether oxygens (including phenoxy) is 2. The van der Waals surface area contributed by atoms with E-state index >= 15 is 0 Å². The molecule has 3 aromatic rings. The van der Waals surface area contributed by atoms with Crippen LogP contribution in [-0.4, -0.2) is 30.1 Å². The summed E-state index contributed by atoms with van der Waals surface area (Å²) in [6.07, 6.45) is 5.02. The maximum absolute atomic E-state index is 12.7. The van der Waals surface area contributed by atoms with E-state index in [9.17, 15) is 4.79 Å². The fraction of sp³-hybridized carbons (Fsp3) is 0.150. The summed E-state index contributed by atoms with van der Waals surface area (Å²) in [4.78, 5) is 20.9. The van der Waals surface area contributed by atoms with Crippen molar-refractivity contribution in [2.45, 2.75) is 6.54 Å². The van der Waals surface area contributed by atoms with Gasteiger partial charge in [-0.25, -0.2) is 4.98 Å². The molecule has 1 amide bonds. The molecule has 8 heteroatoms. The van der Waals surface area contributed by atoms with Crippen molar-refractivity contribution in [3.63, 3.8) is 0 Å². The number of aromatic nitrogens is 2. The molecule has 0 aliphatic carbocycles. The van der Waals surface area contributed by atoms with E-state index in [1.54, 1.807) is 42.9 Å². The van der Waals surface area contributed by atoms with Crippen LogP contribution >= 0.6 is 11.6 Å². The quantitative estimate of drug-likeness (QED) is 0.625. The summed E-state index contributed by atoms with van der Waals surface area (Å²) < 4.78 is 10.5. The molecule has 0 aliphatic heterocycles. The highest BCUT2D eigenvalue weighted by Gasteiger charge is 2.14. The molecule has 7 nitrogen and oxygen atoms in total. The molecule has 0 atom stereocenters. The fourth-order valence-electron chi connectivity index (χ4n) is 2.51. The largest absolute Gasteiger partial charge is 0.495 e. The Morgan fingerprint density at radius 2 is 1.79 bits per heavy atom. The second kappa shape index (κ2) is 9.05. The number of nitrogens with one attached hydrogen (secondary N) is 2. The molecule has 0 spiro atoms. The summed E-state index contributed by atoms with van der Waals surface area (Å²) in [6, 6.07) is 10.3. The highest BCUT2D eigenvalue weighted by atomic mass is 35.5. The first kappa shape index (κ1) is 19.4. The Labute approximate surface area is 167 Å². The molecule has 2 aromatic heterocycles. The number of hydrogen-bond acceptors (Lipinski definition) is 6. The van der Waals surface area contributed by atoms with E-state index in [0.717, 1.165) is 5.56 Å². The van der Waals surface area contributed by atoms with Crippen molar-refractivity contribution in [2.24, 2.45) is 0 Å².